The standard InChI is InChI=1S/C25H31ClFN7O/c26-19-7-5-10-22(17-19)33-12-14-34(15-13-33)25-31-23(28-11-3-1-2-4-16-35)30-24(32-25)29-21-9-6-8-20(27)18-21/h5-10,17-18,35H,1-4,11-16H2,(H2,28,29,30,31,32). The Bertz CT molecular complexity index is 1090. The number of halogens is 2. The second-order valence-corrected chi connectivity index (χ2v) is 8.87. The van der Waals surface area contributed by atoms with Crippen molar-refractivity contribution in [3.8, 4) is 0 Å². The molecule has 0 radical (unpaired) electrons. The first-order valence-corrected chi connectivity index (χ1v) is 12.4. The van der Waals surface area contributed by atoms with E-state index in [0.29, 0.717) is 23.5 Å². The van der Waals surface area contributed by atoms with Crippen molar-refractivity contribution in [1.82, 2.24) is 15.0 Å². The molecular formula is C25H31ClFN7O. The largest absolute Gasteiger partial charge is 0.396 e. The van der Waals surface area contributed by atoms with Gasteiger partial charge in [-0.2, -0.15) is 15.0 Å². The second-order valence-electron chi connectivity index (χ2n) is 8.44. The molecule has 3 aromatic rings. The van der Waals surface area contributed by atoms with Crippen molar-refractivity contribution in [1.29, 1.82) is 0 Å². The fourth-order valence-corrected chi connectivity index (χ4v) is 4.15. The van der Waals surface area contributed by atoms with Gasteiger partial charge in [-0.3, -0.25) is 0 Å². The van der Waals surface area contributed by atoms with Gasteiger partial charge in [-0.15, -0.1) is 0 Å². The highest BCUT2D eigenvalue weighted by Gasteiger charge is 2.21. The summed E-state index contributed by atoms with van der Waals surface area (Å²) in [6.07, 6.45) is 3.78. The fraction of sp³-hybridized carbons (Fsp3) is 0.400. The van der Waals surface area contributed by atoms with Crippen molar-refractivity contribution < 1.29 is 9.50 Å². The zero-order valence-corrected chi connectivity index (χ0v) is 20.4. The van der Waals surface area contributed by atoms with Gasteiger partial charge in [-0.1, -0.05) is 36.6 Å². The van der Waals surface area contributed by atoms with E-state index in [9.17, 15) is 4.39 Å². The predicted octanol–water partition coefficient (Wildman–Crippen LogP) is 4.70. The quantitative estimate of drug-likeness (QED) is 0.327. The smallest absolute Gasteiger partial charge is 0.233 e. The summed E-state index contributed by atoms with van der Waals surface area (Å²) in [4.78, 5) is 18.2. The molecule has 35 heavy (non-hydrogen) atoms. The van der Waals surface area contributed by atoms with Gasteiger partial charge in [0.25, 0.3) is 0 Å². The highest BCUT2D eigenvalue weighted by Crippen LogP contribution is 2.23. The van der Waals surface area contributed by atoms with Crippen LogP contribution in [0.2, 0.25) is 5.02 Å². The number of unbranched alkanes of at least 4 members (excludes halogenated alkanes) is 3. The molecule has 0 spiro atoms. The third-order valence-corrected chi connectivity index (χ3v) is 6.04. The maximum absolute atomic E-state index is 13.7. The Morgan fingerprint density at radius 3 is 2.37 bits per heavy atom. The van der Waals surface area contributed by atoms with Crippen LogP contribution in [0, 0.1) is 5.82 Å². The van der Waals surface area contributed by atoms with Gasteiger partial charge in [0.05, 0.1) is 0 Å². The Labute approximate surface area is 210 Å². The highest BCUT2D eigenvalue weighted by atomic mass is 35.5. The first-order chi connectivity index (χ1) is 17.1. The predicted molar refractivity (Wildman–Crippen MR) is 139 cm³/mol. The van der Waals surface area contributed by atoms with Crippen LogP contribution < -0.4 is 20.4 Å². The molecule has 1 fully saturated rings. The minimum atomic E-state index is -0.331. The molecular weight excluding hydrogens is 469 g/mol. The van der Waals surface area contributed by atoms with E-state index in [1.165, 1.54) is 12.1 Å². The number of rotatable bonds is 11. The molecule has 8 nitrogen and oxygen atoms in total. The average molecular weight is 500 g/mol. The van der Waals surface area contributed by atoms with E-state index >= 15 is 0 Å². The van der Waals surface area contributed by atoms with Gasteiger partial charge in [-0.05, 0) is 49.2 Å². The number of aliphatic hydroxyl groups excluding tert-OH is 1. The summed E-state index contributed by atoms with van der Waals surface area (Å²) in [6.45, 7) is 4.06. The van der Waals surface area contributed by atoms with Crippen molar-refractivity contribution in [3.63, 3.8) is 0 Å². The number of aliphatic hydroxyl groups is 1. The molecule has 0 unspecified atom stereocenters. The van der Waals surface area contributed by atoms with E-state index in [1.807, 2.05) is 18.2 Å². The van der Waals surface area contributed by atoms with Gasteiger partial charge in [0.2, 0.25) is 17.8 Å². The Balaban J connectivity index is 1.45. The number of anilines is 5. The molecule has 0 bridgehead atoms. The van der Waals surface area contributed by atoms with E-state index in [0.717, 1.165) is 69.1 Å². The molecule has 4 rings (SSSR count). The Morgan fingerprint density at radius 2 is 1.60 bits per heavy atom. The lowest BCUT2D eigenvalue weighted by atomic mass is 10.2. The molecule has 1 aliphatic rings. The molecule has 2 heterocycles. The van der Waals surface area contributed by atoms with Crippen molar-refractivity contribution in [2.75, 3.05) is 59.8 Å². The van der Waals surface area contributed by atoms with Crippen LogP contribution >= 0.6 is 11.6 Å². The summed E-state index contributed by atoms with van der Waals surface area (Å²) in [5, 5.41) is 16.0. The molecule has 186 valence electrons. The lowest BCUT2D eigenvalue weighted by Gasteiger charge is -2.36. The van der Waals surface area contributed by atoms with Gasteiger partial charge in [0.1, 0.15) is 5.82 Å². The number of benzene rings is 2. The Hall–Kier alpha value is -3.17. The van der Waals surface area contributed by atoms with Crippen LogP contribution in [-0.4, -0.2) is 59.4 Å². The Morgan fingerprint density at radius 1 is 0.857 bits per heavy atom. The molecule has 0 aliphatic carbocycles. The van der Waals surface area contributed by atoms with Gasteiger partial charge < -0.3 is 25.5 Å². The zero-order valence-electron chi connectivity index (χ0n) is 19.6. The lowest BCUT2D eigenvalue weighted by Crippen LogP contribution is -2.47. The summed E-state index contributed by atoms with van der Waals surface area (Å²) >= 11 is 6.16. The molecule has 3 N–H and O–H groups in total. The summed E-state index contributed by atoms with van der Waals surface area (Å²) in [5.41, 5.74) is 1.67. The van der Waals surface area contributed by atoms with Crippen molar-refractivity contribution >= 4 is 40.8 Å². The zero-order chi connectivity index (χ0) is 24.5. The number of hydrogen-bond acceptors (Lipinski definition) is 8. The van der Waals surface area contributed by atoms with E-state index in [1.54, 1.807) is 12.1 Å². The van der Waals surface area contributed by atoms with E-state index in [4.69, 9.17) is 16.7 Å². The number of nitrogens with zero attached hydrogens (tertiary/aromatic N) is 5. The van der Waals surface area contributed by atoms with Crippen molar-refractivity contribution in [3.05, 3.63) is 59.4 Å². The van der Waals surface area contributed by atoms with Crippen LogP contribution in [0.1, 0.15) is 25.7 Å². The molecule has 1 aromatic heterocycles. The van der Waals surface area contributed by atoms with Crippen molar-refractivity contribution in [2.24, 2.45) is 0 Å². The summed E-state index contributed by atoms with van der Waals surface area (Å²) in [6, 6.07) is 14.1. The molecule has 0 saturated carbocycles. The highest BCUT2D eigenvalue weighted by molar-refractivity contribution is 6.30. The minimum Gasteiger partial charge on any atom is -0.396 e. The first-order valence-electron chi connectivity index (χ1n) is 12.0. The number of nitrogens with one attached hydrogen (secondary N) is 2. The van der Waals surface area contributed by atoms with E-state index in [2.05, 4.69) is 41.5 Å². The van der Waals surface area contributed by atoms with E-state index < -0.39 is 0 Å². The van der Waals surface area contributed by atoms with Gasteiger partial charge in [0, 0.05) is 55.7 Å². The summed E-state index contributed by atoms with van der Waals surface area (Å²) in [5.74, 6) is 1.09. The Kier molecular flexibility index (Phi) is 8.91. The van der Waals surface area contributed by atoms with Crippen LogP contribution in [-0.2, 0) is 0 Å². The first kappa shape index (κ1) is 24.9. The third kappa shape index (κ3) is 7.40. The van der Waals surface area contributed by atoms with Crippen LogP contribution in [0.25, 0.3) is 0 Å². The van der Waals surface area contributed by atoms with Crippen LogP contribution in [0.5, 0.6) is 0 Å². The maximum Gasteiger partial charge on any atom is 0.233 e. The van der Waals surface area contributed by atoms with Gasteiger partial charge in [0.15, 0.2) is 0 Å². The summed E-state index contributed by atoms with van der Waals surface area (Å²) in [7, 11) is 0. The molecule has 0 amide bonds. The average Bonchev–Trinajstić information content (AvgIpc) is 2.86. The van der Waals surface area contributed by atoms with Crippen LogP contribution in [0.3, 0.4) is 0 Å². The van der Waals surface area contributed by atoms with E-state index in [-0.39, 0.29) is 12.4 Å². The molecule has 10 heteroatoms. The third-order valence-electron chi connectivity index (χ3n) is 5.81. The second kappa shape index (κ2) is 12.5. The fourth-order valence-electron chi connectivity index (χ4n) is 3.96. The van der Waals surface area contributed by atoms with Crippen LogP contribution in [0.15, 0.2) is 48.5 Å². The SMILES string of the molecule is OCCCCCCNc1nc(Nc2cccc(F)c2)nc(N2CCN(c3cccc(Cl)c3)CC2)n1. The normalized spacial score (nSPS) is 13.7. The maximum atomic E-state index is 13.7. The van der Waals surface area contributed by atoms with Gasteiger partial charge >= 0.3 is 0 Å². The topological polar surface area (TPSA) is 89.4 Å². The summed E-state index contributed by atoms with van der Waals surface area (Å²) < 4.78 is 13.7. The van der Waals surface area contributed by atoms with Crippen molar-refractivity contribution in [2.45, 2.75) is 25.7 Å². The van der Waals surface area contributed by atoms with Crippen LogP contribution in [0.4, 0.5) is 33.6 Å². The minimum absolute atomic E-state index is 0.226. The van der Waals surface area contributed by atoms with Gasteiger partial charge in [-0.25, -0.2) is 4.39 Å². The molecule has 1 saturated heterocycles. The molecule has 0 atom stereocenters. The number of piperazine rings is 1. The molecule has 1 aliphatic heterocycles. The lowest BCUT2D eigenvalue weighted by molar-refractivity contribution is 0.283. The number of hydrogen-bond donors (Lipinski definition) is 3. The molecule has 2 aromatic carbocycles. The number of aromatic nitrogens is 3. The monoisotopic (exact) mass is 499 g/mol.